The molecule has 9 heteroatoms. The van der Waals surface area contributed by atoms with Crippen molar-refractivity contribution in [1.29, 1.82) is 0 Å². The van der Waals surface area contributed by atoms with Gasteiger partial charge in [0.15, 0.2) is 0 Å². The van der Waals surface area contributed by atoms with E-state index in [4.69, 9.17) is 14.5 Å². The third-order valence-electron chi connectivity index (χ3n) is 7.09. The van der Waals surface area contributed by atoms with Gasteiger partial charge >= 0.3 is 6.09 Å². The van der Waals surface area contributed by atoms with E-state index in [-0.39, 0.29) is 24.3 Å². The van der Waals surface area contributed by atoms with Crippen molar-refractivity contribution in [1.82, 2.24) is 19.8 Å². The SMILES string of the molecule is COCCCn1c([C@@H]2CCCN(C(=O)C[C@@H](Cc3ccc(Br)cc3)NC(=O)OC(C)(C)C)C2)nc2ccccc21. The van der Waals surface area contributed by atoms with Crippen LogP contribution >= 0.6 is 15.9 Å². The maximum absolute atomic E-state index is 13.6. The predicted octanol–water partition coefficient (Wildman–Crippen LogP) is 6.07. The van der Waals surface area contributed by atoms with Crippen LogP contribution in [0.3, 0.4) is 0 Å². The molecule has 0 spiro atoms. The second-order valence-electron chi connectivity index (χ2n) is 11.5. The Morgan fingerprint density at radius 3 is 2.62 bits per heavy atom. The Hall–Kier alpha value is -2.91. The molecule has 2 atom stereocenters. The van der Waals surface area contributed by atoms with Gasteiger partial charge in [-0.15, -0.1) is 0 Å². The molecule has 1 fully saturated rings. The first kappa shape index (κ1) is 30.1. The standard InChI is InChI=1S/C31H41BrN4O4/c1-31(2,3)40-30(38)33-25(19-22-12-14-24(32)15-13-22)20-28(37)35-16-7-9-23(21-35)29-34-26-10-5-6-11-27(26)36(29)17-8-18-39-4/h5-6,10-15,23,25H,7-9,16-21H2,1-4H3,(H,33,38)/t23-,25-/m1/s1. The fourth-order valence-electron chi connectivity index (χ4n) is 5.32. The Bertz CT molecular complexity index is 1280. The van der Waals surface area contributed by atoms with Crippen molar-refractivity contribution in [3.05, 3.63) is 64.4 Å². The monoisotopic (exact) mass is 612 g/mol. The Labute approximate surface area is 245 Å². The average molecular weight is 614 g/mol. The number of benzene rings is 2. The van der Waals surface area contributed by atoms with Crippen molar-refractivity contribution in [3.8, 4) is 0 Å². The summed E-state index contributed by atoms with van der Waals surface area (Å²) >= 11 is 3.47. The number of carbonyl (C=O) groups is 2. The number of halogens is 1. The third-order valence-corrected chi connectivity index (χ3v) is 7.62. The van der Waals surface area contributed by atoms with Crippen molar-refractivity contribution in [3.63, 3.8) is 0 Å². The summed E-state index contributed by atoms with van der Waals surface area (Å²) in [6.45, 7) is 8.32. The van der Waals surface area contributed by atoms with Crippen LogP contribution in [0.5, 0.6) is 0 Å². The second-order valence-corrected chi connectivity index (χ2v) is 12.4. The Balaban J connectivity index is 1.49. The molecule has 1 saturated heterocycles. The van der Waals surface area contributed by atoms with Crippen molar-refractivity contribution in [2.75, 3.05) is 26.8 Å². The first-order valence-corrected chi connectivity index (χ1v) is 14.9. The number of alkyl carbamates (subject to hydrolysis) is 1. The molecule has 0 aliphatic carbocycles. The molecule has 1 N–H and O–H groups in total. The molecular weight excluding hydrogens is 572 g/mol. The normalized spacial score (nSPS) is 16.6. The van der Waals surface area contributed by atoms with E-state index in [2.05, 4.69) is 31.9 Å². The quantitative estimate of drug-likeness (QED) is 0.281. The maximum atomic E-state index is 13.6. The molecule has 8 nitrogen and oxygen atoms in total. The van der Waals surface area contributed by atoms with Gasteiger partial charge in [0.05, 0.1) is 11.0 Å². The van der Waals surface area contributed by atoms with Gasteiger partial charge in [-0.2, -0.15) is 0 Å². The van der Waals surface area contributed by atoms with E-state index < -0.39 is 11.7 Å². The Morgan fingerprint density at radius 1 is 1.15 bits per heavy atom. The van der Waals surface area contributed by atoms with Gasteiger partial charge in [0.2, 0.25) is 5.91 Å². The highest BCUT2D eigenvalue weighted by molar-refractivity contribution is 9.10. The predicted molar refractivity (Wildman–Crippen MR) is 160 cm³/mol. The van der Waals surface area contributed by atoms with Crippen LogP contribution in [0, 0.1) is 0 Å². The van der Waals surface area contributed by atoms with Crippen LogP contribution in [0.4, 0.5) is 4.79 Å². The zero-order valence-corrected chi connectivity index (χ0v) is 25.6. The lowest BCUT2D eigenvalue weighted by Gasteiger charge is -2.34. The van der Waals surface area contributed by atoms with Crippen molar-refractivity contribution in [2.24, 2.45) is 0 Å². The zero-order valence-electron chi connectivity index (χ0n) is 24.0. The van der Waals surface area contributed by atoms with E-state index >= 15 is 0 Å². The van der Waals surface area contributed by atoms with E-state index in [1.54, 1.807) is 7.11 Å². The van der Waals surface area contributed by atoms with Crippen LogP contribution < -0.4 is 5.32 Å². The van der Waals surface area contributed by atoms with Gasteiger partial charge in [0.1, 0.15) is 11.4 Å². The number of para-hydroxylation sites is 2. The van der Waals surface area contributed by atoms with E-state index in [9.17, 15) is 9.59 Å². The summed E-state index contributed by atoms with van der Waals surface area (Å²) in [7, 11) is 1.72. The lowest BCUT2D eigenvalue weighted by Crippen LogP contribution is -2.46. The minimum atomic E-state index is -0.620. The molecule has 40 heavy (non-hydrogen) atoms. The van der Waals surface area contributed by atoms with Gasteiger partial charge in [-0.3, -0.25) is 4.79 Å². The molecule has 0 radical (unpaired) electrons. The minimum Gasteiger partial charge on any atom is -0.444 e. The van der Waals surface area contributed by atoms with Crippen molar-refractivity contribution >= 4 is 39.0 Å². The van der Waals surface area contributed by atoms with Crippen LogP contribution in [-0.2, 0) is 27.2 Å². The number of aryl methyl sites for hydroxylation is 1. The molecule has 3 aromatic rings. The molecule has 216 valence electrons. The van der Waals surface area contributed by atoms with Gasteiger partial charge in [0, 0.05) is 56.2 Å². The average Bonchev–Trinajstić information content (AvgIpc) is 3.28. The first-order valence-electron chi connectivity index (χ1n) is 14.1. The summed E-state index contributed by atoms with van der Waals surface area (Å²) in [6, 6.07) is 15.8. The van der Waals surface area contributed by atoms with Crippen LogP contribution in [0.2, 0.25) is 0 Å². The molecule has 4 rings (SSSR count). The number of likely N-dealkylation sites (tertiary alicyclic amines) is 1. The molecule has 0 unspecified atom stereocenters. The fraction of sp³-hybridized carbons (Fsp3) is 0.516. The number of nitrogens with zero attached hydrogens (tertiary/aromatic N) is 3. The summed E-state index contributed by atoms with van der Waals surface area (Å²) in [4.78, 5) is 33.3. The number of ether oxygens (including phenoxy) is 2. The van der Waals surface area contributed by atoms with Gasteiger partial charge in [0.25, 0.3) is 0 Å². The highest BCUT2D eigenvalue weighted by atomic mass is 79.9. The number of imidazole rings is 1. The summed E-state index contributed by atoms with van der Waals surface area (Å²) in [5, 5.41) is 2.96. The summed E-state index contributed by atoms with van der Waals surface area (Å²) < 4.78 is 14.1. The van der Waals surface area contributed by atoms with Gasteiger partial charge in [-0.1, -0.05) is 40.2 Å². The number of carbonyl (C=O) groups excluding carboxylic acids is 2. The molecule has 2 heterocycles. The van der Waals surface area contributed by atoms with Gasteiger partial charge in [-0.25, -0.2) is 9.78 Å². The molecular formula is C31H41BrN4O4. The third kappa shape index (κ3) is 8.30. The first-order chi connectivity index (χ1) is 19.1. The maximum Gasteiger partial charge on any atom is 0.407 e. The van der Waals surface area contributed by atoms with Crippen LogP contribution in [0.15, 0.2) is 53.0 Å². The molecule has 2 aromatic carbocycles. The summed E-state index contributed by atoms with van der Waals surface area (Å²) in [5.41, 5.74) is 2.52. The largest absolute Gasteiger partial charge is 0.444 e. The van der Waals surface area contributed by atoms with Crippen LogP contribution in [-0.4, -0.2) is 64.9 Å². The molecule has 2 amide bonds. The fourth-order valence-corrected chi connectivity index (χ4v) is 5.58. The Kier molecular flexibility index (Phi) is 10.2. The zero-order chi connectivity index (χ0) is 28.7. The second kappa shape index (κ2) is 13.6. The van der Waals surface area contributed by atoms with Gasteiger partial charge < -0.3 is 24.3 Å². The number of aromatic nitrogens is 2. The number of hydrogen-bond acceptors (Lipinski definition) is 5. The molecule has 1 aromatic heterocycles. The summed E-state index contributed by atoms with van der Waals surface area (Å²) in [5.74, 6) is 1.22. The molecule has 1 aliphatic rings. The van der Waals surface area contributed by atoms with Gasteiger partial charge in [-0.05, 0) is 76.3 Å². The number of hydrogen-bond donors (Lipinski definition) is 1. The van der Waals surface area contributed by atoms with Crippen LogP contribution in [0.25, 0.3) is 11.0 Å². The lowest BCUT2D eigenvalue weighted by atomic mass is 9.95. The number of fused-ring (bicyclic) bond motifs is 1. The van der Waals surface area contributed by atoms with E-state index in [1.165, 1.54) is 0 Å². The van der Waals surface area contributed by atoms with Crippen LogP contribution in [0.1, 0.15) is 63.8 Å². The summed E-state index contributed by atoms with van der Waals surface area (Å²) in [6.07, 6.45) is 3.01. The van der Waals surface area contributed by atoms with E-state index in [0.717, 1.165) is 52.7 Å². The van der Waals surface area contributed by atoms with E-state index in [0.29, 0.717) is 26.1 Å². The van der Waals surface area contributed by atoms with Crippen molar-refractivity contribution < 1.29 is 19.1 Å². The van der Waals surface area contributed by atoms with E-state index in [1.807, 2.05) is 68.1 Å². The highest BCUT2D eigenvalue weighted by Gasteiger charge is 2.30. The molecule has 0 saturated carbocycles. The number of piperidine rings is 1. The Morgan fingerprint density at radius 2 is 1.90 bits per heavy atom. The highest BCUT2D eigenvalue weighted by Crippen LogP contribution is 2.30. The lowest BCUT2D eigenvalue weighted by molar-refractivity contribution is -0.132. The smallest absolute Gasteiger partial charge is 0.407 e. The number of amides is 2. The number of rotatable bonds is 10. The number of nitrogens with one attached hydrogen (secondary N) is 1. The molecule has 0 bridgehead atoms. The van der Waals surface area contributed by atoms with Crippen molar-refractivity contribution in [2.45, 2.75) is 77.0 Å². The number of methoxy groups -OCH3 is 1. The molecule has 1 aliphatic heterocycles. The topological polar surface area (TPSA) is 85.7 Å². The minimum absolute atomic E-state index is 0.0323.